The van der Waals surface area contributed by atoms with E-state index in [0.717, 1.165) is 51.1 Å². The van der Waals surface area contributed by atoms with Crippen LogP contribution in [0.2, 0.25) is 0 Å². The summed E-state index contributed by atoms with van der Waals surface area (Å²) in [6.45, 7) is 6.81. The second-order valence-corrected chi connectivity index (χ2v) is 20.6. The minimum atomic E-state index is -0.798. The van der Waals surface area contributed by atoms with Crippen LogP contribution in [0.15, 0.2) is 127 Å². The molecule has 0 aliphatic heterocycles. The van der Waals surface area contributed by atoms with E-state index < -0.39 is 34.9 Å². The second kappa shape index (κ2) is 26.4. The highest BCUT2D eigenvalue weighted by atomic mass is 19.2. The van der Waals surface area contributed by atoms with Crippen molar-refractivity contribution in [3.05, 3.63) is 179 Å². The lowest BCUT2D eigenvalue weighted by atomic mass is 9.77. The lowest BCUT2D eigenvalue weighted by molar-refractivity contribution is 0.303. The molecule has 0 atom stereocenters. The van der Waals surface area contributed by atoms with Crippen LogP contribution < -0.4 is 0 Å². The highest BCUT2D eigenvalue weighted by molar-refractivity contribution is 5.65. The minimum Gasteiger partial charge on any atom is -0.204 e. The molecule has 0 bridgehead atoms. The Balaban J connectivity index is 0.000000155. The molecule has 0 saturated heterocycles. The quantitative estimate of drug-likeness (QED) is 0.0799. The first-order valence-electron chi connectivity index (χ1n) is 26.7. The third-order valence-corrected chi connectivity index (χ3v) is 15.9. The molecule has 0 heterocycles. The van der Waals surface area contributed by atoms with Crippen LogP contribution in [0.4, 0.5) is 26.3 Å². The summed E-state index contributed by atoms with van der Waals surface area (Å²) < 4.78 is 79.2. The molecule has 372 valence electrons. The van der Waals surface area contributed by atoms with Crippen LogP contribution in [0.5, 0.6) is 0 Å². The highest BCUT2D eigenvalue weighted by Crippen LogP contribution is 2.41. The van der Waals surface area contributed by atoms with Crippen molar-refractivity contribution in [2.24, 2.45) is 17.8 Å². The lowest BCUT2D eigenvalue weighted by Crippen LogP contribution is -2.13. The molecule has 0 unspecified atom stereocenters. The summed E-state index contributed by atoms with van der Waals surface area (Å²) in [6, 6.07) is 37.4. The normalized spacial score (nSPS) is 21.2. The van der Waals surface area contributed by atoms with Crippen molar-refractivity contribution in [3.8, 4) is 33.4 Å². The molecule has 0 aromatic heterocycles. The zero-order chi connectivity index (χ0) is 49.4. The van der Waals surface area contributed by atoms with Gasteiger partial charge in [0.05, 0.1) is 0 Å². The van der Waals surface area contributed by atoms with Gasteiger partial charge in [-0.2, -0.15) is 0 Å². The predicted octanol–water partition coefficient (Wildman–Crippen LogP) is 20.5. The Bertz CT molecular complexity index is 2490. The maximum Gasteiger partial charge on any atom is 0.159 e. The highest BCUT2D eigenvalue weighted by Gasteiger charge is 2.24. The first-order chi connectivity index (χ1) is 34.0. The average molecular weight is 957 g/mol. The SMILES string of the molecule is CCC1CCC(c2ccc(-c3ccc(F)c(F)c3)cc2)CC1.CCCC1CCC(c2ccc(-c3ccc(F)c(F)c3)cc2)CC1.CCCCCC1CCC(c2ccc(-c3ccc(F)c(F)c3)cc2)CC1. The fourth-order valence-corrected chi connectivity index (χ4v) is 11.4. The van der Waals surface area contributed by atoms with Gasteiger partial charge in [-0.25, -0.2) is 26.3 Å². The summed E-state index contributed by atoms with van der Waals surface area (Å²) in [6.07, 6.45) is 25.1. The molecule has 6 aromatic rings. The van der Waals surface area contributed by atoms with E-state index in [4.69, 9.17) is 0 Å². The molecule has 3 saturated carbocycles. The van der Waals surface area contributed by atoms with E-state index in [0.29, 0.717) is 17.8 Å². The minimum absolute atomic E-state index is 0.654. The van der Waals surface area contributed by atoms with Crippen molar-refractivity contribution in [3.63, 3.8) is 0 Å². The van der Waals surface area contributed by atoms with E-state index >= 15 is 0 Å². The number of halogens is 6. The maximum atomic E-state index is 13.4. The monoisotopic (exact) mass is 957 g/mol. The standard InChI is InChI=1S/C23H28F2.C21H24F2.C20H22F2/c1-2-3-4-5-17-6-8-18(9-7-17)19-10-12-20(13-11-19)21-14-15-22(24)23(25)16-21;1-2-3-15-4-6-16(7-5-15)17-8-10-18(11-9-17)19-12-13-20(22)21(23)14-19;1-2-14-3-5-15(6-4-14)16-7-9-17(10-8-16)18-11-12-19(21)20(22)13-18/h10-18H,2-9H2,1H3;8-16H,2-7H2,1H3;7-15H,2-6H2,1H3. The molecule has 6 heteroatoms. The van der Waals surface area contributed by atoms with E-state index in [2.05, 4.69) is 57.2 Å². The van der Waals surface area contributed by atoms with Crippen LogP contribution >= 0.6 is 0 Å². The number of benzene rings is 6. The van der Waals surface area contributed by atoms with Gasteiger partial charge >= 0.3 is 0 Å². The fourth-order valence-electron chi connectivity index (χ4n) is 11.4. The summed E-state index contributed by atoms with van der Waals surface area (Å²) in [5.74, 6) is -0.0633. The first kappa shape index (κ1) is 52.7. The van der Waals surface area contributed by atoms with Gasteiger partial charge in [-0.3, -0.25) is 0 Å². The number of hydrogen-bond donors (Lipinski definition) is 0. The van der Waals surface area contributed by atoms with Crippen molar-refractivity contribution in [2.45, 2.75) is 161 Å². The van der Waals surface area contributed by atoms with Gasteiger partial charge in [-0.05, 0) is 199 Å². The van der Waals surface area contributed by atoms with Gasteiger partial charge < -0.3 is 0 Å². The Morgan fingerprint density at radius 2 is 0.600 bits per heavy atom. The van der Waals surface area contributed by atoms with Crippen molar-refractivity contribution < 1.29 is 26.3 Å². The van der Waals surface area contributed by atoms with Gasteiger partial charge in [-0.15, -0.1) is 0 Å². The second-order valence-electron chi connectivity index (χ2n) is 20.6. The van der Waals surface area contributed by atoms with Crippen LogP contribution in [-0.2, 0) is 0 Å². The van der Waals surface area contributed by atoms with Gasteiger partial charge in [0.15, 0.2) is 34.9 Å². The third kappa shape index (κ3) is 14.7. The van der Waals surface area contributed by atoms with E-state index in [1.165, 1.54) is 175 Å². The van der Waals surface area contributed by atoms with Crippen molar-refractivity contribution >= 4 is 0 Å². The van der Waals surface area contributed by atoms with Gasteiger partial charge in [0.25, 0.3) is 0 Å². The Kier molecular flexibility index (Phi) is 19.9. The summed E-state index contributed by atoms with van der Waals surface area (Å²) in [7, 11) is 0. The van der Waals surface area contributed by atoms with Crippen molar-refractivity contribution in [1.82, 2.24) is 0 Å². The molecule has 3 aliphatic carbocycles. The topological polar surface area (TPSA) is 0 Å². The Morgan fingerprint density at radius 3 is 0.886 bits per heavy atom. The zero-order valence-corrected chi connectivity index (χ0v) is 41.8. The molecule has 6 aromatic carbocycles. The smallest absolute Gasteiger partial charge is 0.159 e. The van der Waals surface area contributed by atoms with E-state index in [-0.39, 0.29) is 0 Å². The molecule has 70 heavy (non-hydrogen) atoms. The summed E-state index contributed by atoms with van der Waals surface area (Å²) in [5, 5.41) is 0. The first-order valence-corrected chi connectivity index (χ1v) is 26.7. The van der Waals surface area contributed by atoms with Gasteiger partial charge in [0.1, 0.15) is 0 Å². The molecule has 9 rings (SSSR count). The van der Waals surface area contributed by atoms with E-state index in [1.807, 2.05) is 36.4 Å². The molecule has 0 amide bonds. The Morgan fingerprint density at radius 1 is 0.300 bits per heavy atom. The Hall–Kier alpha value is -5.10. The maximum absolute atomic E-state index is 13.4. The Labute approximate surface area is 415 Å². The van der Waals surface area contributed by atoms with Crippen LogP contribution in [0.3, 0.4) is 0 Å². The number of unbranched alkanes of at least 4 members (excludes halogenated alkanes) is 2. The van der Waals surface area contributed by atoms with Gasteiger partial charge in [0.2, 0.25) is 0 Å². The summed E-state index contributed by atoms with van der Waals surface area (Å²) in [5.41, 5.74) is 9.13. The molecular weight excluding hydrogens is 883 g/mol. The van der Waals surface area contributed by atoms with Gasteiger partial charge in [0, 0.05) is 0 Å². The van der Waals surface area contributed by atoms with Gasteiger partial charge in [-0.1, -0.05) is 157 Å². The number of hydrogen-bond acceptors (Lipinski definition) is 0. The fraction of sp³-hybridized carbons (Fsp3) is 0.438. The van der Waals surface area contributed by atoms with E-state index in [1.54, 1.807) is 18.2 Å². The molecule has 0 spiro atoms. The molecule has 0 radical (unpaired) electrons. The zero-order valence-electron chi connectivity index (χ0n) is 41.8. The summed E-state index contributed by atoms with van der Waals surface area (Å²) >= 11 is 0. The molecule has 0 nitrogen and oxygen atoms in total. The van der Waals surface area contributed by atoms with Crippen molar-refractivity contribution in [2.75, 3.05) is 0 Å². The third-order valence-electron chi connectivity index (χ3n) is 15.9. The average Bonchev–Trinajstić information content (AvgIpc) is 3.40. The van der Waals surface area contributed by atoms with Crippen LogP contribution in [0.25, 0.3) is 33.4 Å². The van der Waals surface area contributed by atoms with E-state index in [9.17, 15) is 26.3 Å². The van der Waals surface area contributed by atoms with Crippen LogP contribution in [0, 0.1) is 52.7 Å². The molecule has 3 fully saturated rings. The lowest BCUT2D eigenvalue weighted by Gasteiger charge is -2.29. The number of rotatable bonds is 13. The van der Waals surface area contributed by atoms with Crippen molar-refractivity contribution in [1.29, 1.82) is 0 Å². The molecule has 0 N–H and O–H groups in total. The largest absolute Gasteiger partial charge is 0.204 e. The predicted molar refractivity (Wildman–Crippen MR) is 279 cm³/mol. The van der Waals surface area contributed by atoms with Crippen LogP contribution in [-0.4, -0.2) is 0 Å². The molecule has 3 aliphatic rings. The molecular formula is C64H74F6. The van der Waals surface area contributed by atoms with Crippen LogP contribution in [0.1, 0.15) is 177 Å². The summed E-state index contributed by atoms with van der Waals surface area (Å²) in [4.78, 5) is 0.